The van der Waals surface area contributed by atoms with Gasteiger partial charge in [0.1, 0.15) is 0 Å². The molecule has 0 saturated heterocycles. The van der Waals surface area contributed by atoms with Crippen LogP contribution in [-0.2, 0) is 4.79 Å². The molecule has 21 heavy (non-hydrogen) atoms. The van der Waals surface area contributed by atoms with Crippen molar-refractivity contribution in [1.82, 2.24) is 0 Å². The summed E-state index contributed by atoms with van der Waals surface area (Å²) in [4.78, 5) is 13.5. The van der Waals surface area contributed by atoms with Crippen LogP contribution in [0.5, 0.6) is 0 Å². The molecule has 0 radical (unpaired) electrons. The van der Waals surface area contributed by atoms with Crippen molar-refractivity contribution in [2.45, 2.75) is 6.92 Å². The molecule has 6 heteroatoms. The van der Waals surface area contributed by atoms with Gasteiger partial charge in [0.2, 0.25) is 0 Å². The molecule has 0 bridgehead atoms. The third-order valence-corrected chi connectivity index (χ3v) is 4.24. The highest BCUT2D eigenvalue weighted by atomic mass is 35.5. The zero-order valence-electron chi connectivity index (χ0n) is 11.0. The molecule has 0 N–H and O–H groups in total. The first-order valence-electron chi connectivity index (χ1n) is 6.16. The molecule has 1 amide bonds. The first kappa shape index (κ1) is 14.3. The van der Waals surface area contributed by atoms with Gasteiger partial charge in [-0.15, -0.1) is 11.3 Å². The zero-order valence-corrected chi connectivity index (χ0v) is 13.3. The second-order valence-electron chi connectivity index (χ2n) is 4.50. The molecule has 0 fully saturated rings. The van der Waals surface area contributed by atoms with Gasteiger partial charge in [0.25, 0.3) is 5.91 Å². The number of amides is 1. The van der Waals surface area contributed by atoms with Crippen molar-refractivity contribution >= 4 is 57.9 Å². The molecule has 1 aromatic heterocycles. The Morgan fingerprint density at radius 1 is 1.24 bits per heavy atom. The molecular weight excluding hydrogens is 327 g/mol. The lowest BCUT2D eigenvalue weighted by atomic mass is 10.1. The number of carbonyl (C=O) groups excluding carboxylic acids is 1. The molecule has 0 saturated carbocycles. The van der Waals surface area contributed by atoms with Gasteiger partial charge in [0.15, 0.2) is 0 Å². The Labute approximate surface area is 136 Å². The highest BCUT2D eigenvalue weighted by Crippen LogP contribution is 2.30. The van der Waals surface area contributed by atoms with Crippen molar-refractivity contribution in [3.63, 3.8) is 0 Å². The van der Waals surface area contributed by atoms with Crippen LogP contribution in [0, 0.1) is 0 Å². The molecule has 2 heterocycles. The highest BCUT2D eigenvalue weighted by molar-refractivity contribution is 7.10. The zero-order chi connectivity index (χ0) is 15.0. The van der Waals surface area contributed by atoms with E-state index >= 15 is 0 Å². The van der Waals surface area contributed by atoms with Crippen LogP contribution in [0.15, 0.2) is 46.4 Å². The maximum Gasteiger partial charge on any atom is 0.280 e. The van der Waals surface area contributed by atoms with Gasteiger partial charge >= 0.3 is 0 Å². The van der Waals surface area contributed by atoms with E-state index in [1.54, 1.807) is 29.5 Å². The molecular formula is C15H10Cl2N2OS. The first-order chi connectivity index (χ1) is 10.0. The minimum Gasteiger partial charge on any atom is -0.267 e. The normalized spacial score (nSPS) is 16.7. The maximum atomic E-state index is 12.5. The number of benzene rings is 1. The van der Waals surface area contributed by atoms with Crippen LogP contribution < -0.4 is 5.01 Å². The number of carbonyl (C=O) groups is 1. The van der Waals surface area contributed by atoms with E-state index in [2.05, 4.69) is 5.10 Å². The third kappa shape index (κ3) is 2.88. The van der Waals surface area contributed by atoms with Crippen LogP contribution in [0.4, 0.5) is 5.69 Å². The third-order valence-electron chi connectivity index (χ3n) is 2.98. The molecule has 0 unspecified atom stereocenters. The van der Waals surface area contributed by atoms with E-state index in [1.165, 1.54) is 5.01 Å². The van der Waals surface area contributed by atoms with Crippen molar-refractivity contribution in [2.24, 2.45) is 5.10 Å². The van der Waals surface area contributed by atoms with E-state index in [0.29, 0.717) is 27.0 Å². The fraction of sp³-hybridized carbons (Fsp3) is 0.0667. The van der Waals surface area contributed by atoms with Gasteiger partial charge in [-0.1, -0.05) is 29.3 Å². The minimum atomic E-state index is -0.181. The second-order valence-corrected chi connectivity index (χ2v) is 6.36. The fourth-order valence-corrected chi connectivity index (χ4v) is 3.21. The summed E-state index contributed by atoms with van der Waals surface area (Å²) in [6.45, 7) is 1.81. The van der Waals surface area contributed by atoms with Gasteiger partial charge in [0.05, 0.1) is 17.0 Å². The molecule has 2 aromatic rings. The van der Waals surface area contributed by atoms with E-state index in [1.807, 2.05) is 30.5 Å². The smallest absolute Gasteiger partial charge is 0.267 e. The molecule has 1 aromatic carbocycles. The quantitative estimate of drug-likeness (QED) is 0.720. The van der Waals surface area contributed by atoms with Crippen LogP contribution in [-0.4, -0.2) is 11.6 Å². The Morgan fingerprint density at radius 3 is 2.57 bits per heavy atom. The van der Waals surface area contributed by atoms with Crippen LogP contribution in [0.1, 0.15) is 11.8 Å². The van der Waals surface area contributed by atoms with E-state index in [-0.39, 0.29) is 5.91 Å². The lowest BCUT2D eigenvalue weighted by molar-refractivity contribution is -0.114. The molecule has 1 aliphatic rings. The number of anilines is 1. The lowest BCUT2D eigenvalue weighted by Crippen LogP contribution is -2.21. The highest BCUT2D eigenvalue weighted by Gasteiger charge is 2.29. The van der Waals surface area contributed by atoms with Crippen LogP contribution in [0.2, 0.25) is 10.0 Å². The number of hydrogen-bond acceptors (Lipinski definition) is 3. The van der Waals surface area contributed by atoms with Crippen molar-refractivity contribution in [1.29, 1.82) is 0 Å². The first-order valence-corrected chi connectivity index (χ1v) is 7.79. The second kappa shape index (κ2) is 5.64. The van der Waals surface area contributed by atoms with Gasteiger partial charge in [-0.25, -0.2) is 0 Å². The van der Waals surface area contributed by atoms with Crippen molar-refractivity contribution in [3.8, 4) is 0 Å². The molecule has 106 valence electrons. The van der Waals surface area contributed by atoms with Gasteiger partial charge in [-0.2, -0.15) is 10.1 Å². The van der Waals surface area contributed by atoms with E-state index in [4.69, 9.17) is 23.2 Å². The van der Waals surface area contributed by atoms with Gasteiger partial charge in [-0.3, -0.25) is 4.79 Å². The molecule has 0 atom stereocenters. The summed E-state index contributed by atoms with van der Waals surface area (Å²) in [5.41, 5.74) is 1.81. The predicted octanol–water partition coefficient (Wildman–Crippen LogP) is 4.86. The van der Waals surface area contributed by atoms with Crippen LogP contribution >= 0.6 is 34.5 Å². The summed E-state index contributed by atoms with van der Waals surface area (Å²) in [5, 5.41) is 8.53. The standard InChI is InChI=1S/C15H10Cl2N2OS/c1-9-14(8-13-3-2-4-21-13)15(20)19(18-9)12-6-10(16)5-11(17)7-12/h2-8H,1H3/b14-8+. The molecule has 0 spiro atoms. The Morgan fingerprint density at radius 2 is 1.95 bits per heavy atom. The monoisotopic (exact) mass is 336 g/mol. The number of nitrogens with zero attached hydrogens (tertiary/aromatic N) is 2. The van der Waals surface area contributed by atoms with Crippen molar-refractivity contribution in [3.05, 3.63) is 56.2 Å². The Bertz CT molecular complexity index is 746. The van der Waals surface area contributed by atoms with Crippen LogP contribution in [0.25, 0.3) is 6.08 Å². The minimum absolute atomic E-state index is 0.181. The average Bonchev–Trinajstić information content (AvgIpc) is 3.01. The fourth-order valence-electron chi connectivity index (χ4n) is 2.04. The number of hydrazone groups is 1. The predicted molar refractivity (Wildman–Crippen MR) is 89.4 cm³/mol. The largest absolute Gasteiger partial charge is 0.280 e. The number of hydrogen-bond donors (Lipinski definition) is 0. The van der Waals surface area contributed by atoms with Crippen molar-refractivity contribution in [2.75, 3.05) is 5.01 Å². The molecule has 0 aliphatic carbocycles. The SMILES string of the molecule is CC1=NN(c2cc(Cl)cc(Cl)c2)C(=O)/C1=C/c1cccs1. The maximum absolute atomic E-state index is 12.5. The number of thiophene rings is 1. The summed E-state index contributed by atoms with van der Waals surface area (Å²) in [7, 11) is 0. The Balaban J connectivity index is 1.99. The lowest BCUT2D eigenvalue weighted by Gasteiger charge is -2.12. The summed E-state index contributed by atoms with van der Waals surface area (Å²) in [6, 6.07) is 8.84. The van der Waals surface area contributed by atoms with Crippen LogP contribution in [0.3, 0.4) is 0 Å². The number of halogens is 2. The Kier molecular flexibility index (Phi) is 3.85. The summed E-state index contributed by atoms with van der Waals surface area (Å²) in [6.07, 6.45) is 1.85. The Hall–Kier alpha value is -1.62. The number of rotatable bonds is 2. The summed E-state index contributed by atoms with van der Waals surface area (Å²) in [5.74, 6) is -0.181. The van der Waals surface area contributed by atoms with Crippen molar-refractivity contribution < 1.29 is 4.79 Å². The topological polar surface area (TPSA) is 32.7 Å². The van der Waals surface area contributed by atoms with Gasteiger partial charge < -0.3 is 0 Å². The van der Waals surface area contributed by atoms with E-state index < -0.39 is 0 Å². The van der Waals surface area contributed by atoms with Gasteiger partial charge in [0, 0.05) is 14.9 Å². The molecule has 3 rings (SSSR count). The van der Waals surface area contributed by atoms with Gasteiger partial charge in [-0.05, 0) is 42.6 Å². The summed E-state index contributed by atoms with van der Waals surface area (Å²) >= 11 is 13.5. The van der Waals surface area contributed by atoms with E-state index in [9.17, 15) is 4.79 Å². The molecule has 1 aliphatic heterocycles. The molecule has 3 nitrogen and oxygen atoms in total. The summed E-state index contributed by atoms with van der Waals surface area (Å²) < 4.78 is 0. The van der Waals surface area contributed by atoms with E-state index in [0.717, 1.165) is 4.88 Å². The average molecular weight is 337 g/mol.